The molecular weight excluding hydrogens is 525 g/mol. The first kappa shape index (κ1) is 24.9. The average molecular weight is 545 g/mol. The van der Waals surface area contributed by atoms with Crippen molar-refractivity contribution in [3.8, 4) is 11.5 Å². The zero-order valence-electron chi connectivity index (χ0n) is 19.7. The molecule has 0 fully saturated rings. The summed E-state index contributed by atoms with van der Waals surface area (Å²) in [5, 5.41) is 12.7. The largest absolute Gasteiger partial charge is 0.463 e. The fraction of sp³-hybridized carbons (Fsp3) is 0.200. The normalized spacial score (nSPS) is 11.5. The molecule has 0 radical (unpaired) electrons. The van der Waals surface area contributed by atoms with E-state index in [4.69, 9.17) is 27.6 Å². The Balaban J connectivity index is 1.39. The minimum absolute atomic E-state index is 0.163. The summed E-state index contributed by atoms with van der Waals surface area (Å²) in [7, 11) is 0. The molecule has 0 aliphatic rings. The predicted molar refractivity (Wildman–Crippen MR) is 136 cm³/mol. The Kier molecular flexibility index (Phi) is 6.70. The summed E-state index contributed by atoms with van der Waals surface area (Å²) in [6.45, 7) is 3.58. The number of rotatable bonds is 7. The molecule has 4 heterocycles. The lowest BCUT2D eigenvalue weighted by atomic mass is 10.1. The van der Waals surface area contributed by atoms with E-state index in [9.17, 15) is 13.6 Å². The van der Waals surface area contributed by atoms with Gasteiger partial charge >= 0.3 is 0 Å². The van der Waals surface area contributed by atoms with Crippen LogP contribution in [0.2, 0.25) is 10.0 Å². The Labute approximate surface area is 219 Å². The highest BCUT2D eigenvalue weighted by Gasteiger charge is 2.23. The number of hydrogen-bond donors (Lipinski definition) is 1. The molecule has 5 aromatic rings. The van der Waals surface area contributed by atoms with Crippen molar-refractivity contribution in [3.63, 3.8) is 0 Å². The SMILES string of the molecule is Cc1nn(CC(=O)Nc2cc(C)n(Cc3ccc(Cl)cc3Cl)n2)c2nc(-c3ccco3)cc(C(F)F)c12. The molecule has 12 heteroatoms. The number of nitrogens with one attached hydrogen (secondary N) is 1. The molecule has 8 nitrogen and oxygen atoms in total. The molecule has 1 amide bonds. The van der Waals surface area contributed by atoms with Gasteiger partial charge in [0.25, 0.3) is 6.43 Å². The number of anilines is 1. The number of fused-ring (bicyclic) bond motifs is 1. The molecule has 190 valence electrons. The highest BCUT2D eigenvalue weighted by atomic mass is 35.5. The number of carbonyl (C=O) groups is 1. The second-order valence-corrected chi connectivity index (χ2v) is 9.27. The number of nitrogens with zero attached hydrogens (tertiary/aromatic N) is 5. The number of halogens is 4. The number of aromatic nitrogens is 5. The Bertz CT molecular complexity index is 1610. The third kappa shape index (κ3) is 5.07. The van der Waals surface area contributed by atoms with Gasteiger partial charge in [0.1, 0.15) is 12.2 Å². The zero-order valence-corrected chi connectivity index (χ0v) is 21.2. The third-order valence-corrected chi connectivity index (χ3v) is 6.38. The third-order valence-electron chi connectivity index (χ3n) is 5.79. The average Bonchev–Trinajstić information content (AvgIpc) is 3.56. The van der Waals surface area contributed by atoms with Crippen LogP contribution in [0.3, 0.4) is 0 Å². The van der Waals surface area contributed by atoms with Crippen molar-refractivity contribution in [1.82, 2.24) is 24.5 Å². The van der Waals surface area contributed by atoms with Gasteiger partial charge < -0.3 is 9.73 Å². The number of benzene rings is 1. The number of aryl methyl sites for hydroxylation is 2. The minimum Gasteiger partial charge on any atom is -0.463 e. The van der Waals surface area contributed by atoms with Gasteiger partial charge in [-0.05, 0) is 49.7 Å². The summed E-state index contributed by atoms with van der Waals surface area (Å²) < 4.78 is 36.1. The van der Waals surface area contributed by atoms with Gasteiger partial charge in [-0.25, -0.2) is 18.4 Å². The molecule has 1 N–H and O–H groups in total. The van der Waals surface area contributed by atoms with E-state index < -0.39 is 12.3 Å². The fourth-order valence-corrected chi connectivity index (χ4v) is 4.55. The maximum Gasteiger partial charge on any atom is 0.264 e. The zero-order chi connectivity index (χ0) is 26.3. The second-order valence-electron chi connectivity index (χ2n) is 8.43. The predicted octanol–water partition coefficient (Wildman–Crippen LogP) is 6.44. The number of pyridine rings is 1. The molecule has 0 aliphatic carbocycles. The van der Waals surface area contributed by atoms with Gasteiger partial charge in [0.2, 0.25) is 5.91 Å². The molecule has 1 aromatic carbocycles. The Morgan fingerprint density at radius 3 is 2.62 bits per heavy atom. The van der Waals surface area contributed by atoms with Crippen LogP contribution in [0.1, 0.15) is 28.9 Å². The van der Waals surface area contributed by atoms with E-state index in [1.807, 2.05) is 13.0 Å². The van der Waals surface area contributed by atoms with Crippen LogP contribution in [0.25, 0.3) is 22.5 Å². The first-order valence-corrected chi connectivity index (χ1v) is 11.9. The van der Waals surface area contributed by atoms with Crippen molar-refractivity contribution in [2.24, 2.45) is 0 Å². The smallest absolute Gasteiger partial charge is 0.264 e. The monoisotopic (exact) mass is 544 g/mol. The van der Waals surface area contributed by atoms with E-state index in [1.54, 1.807) is 41.9 Å². The number of hydrogen-bond acceptors (Lipinski definition) is 5. The lowest BCUT2D eigenvalue weighted by molar-refractivity contribution is -0.116. The van der Waals surface area contributed by atoms with Crippen LogP contribution in [-0.4, -0.2) is 30.5 Å². The Hall–Kier alpha value is -3.76. The van der Waals surface area contributed by atoms with E-state index in [1.165, 1.54) is 17.0 Å². The first-order chi connectivity index (χ1) is 17.7. The van der Waals surface area contributed by atoms with Crippen molar-refractivity contribution in [2.75, 3.05) is 5.32 Å². The number of alkyl halides is 2. The molecule has 0 bridgehead atoms. The van der Waals surface area contributed by atoms with Crippen molar-refractivity contribution >= 4 is 46.0 Å². The fourth-order valence-electron chi connectivity index (χ4n) is 4.08. The summed E-state index contributed by atoms with van der Waals surface area (Å²) in [5.41, 5.74) is 2.13. The number of amides is 1. The lowest BCUT2D eigenvalue weighted by Crippen LogP contribution is -2.20. The van der Waals surface area contributed by atoms with E-state index >= 15 is 0 Å². The van der Waals surface area contributed by atoms with Crippen LogP contribution in [0.4, 0.5) is 14.6 Å². The van der Waals surface area contributed by atoms with Crippen molar-refractivity contribution < 1.29 is 18.0 Å². The second kappa shape index (κ2) is 9.95. The van der Waals surface area contributed by atoms with Crippen molar-refractivity contribution in [3.05, 3.63) is 81.3 Å². The molecule has 0 aliphatic heterocycles. The summed E-state index contributed by atoms with van der Waals surface area (Å²) in [6.07, 6.45) is -1.33. The number of carbonyl (C=O) groups excluding carboxylic acids is 1. The molecule has 0 saturated heterocycles. The Morgan fingerprint density at radius 2 is 1.92 bits per heavy atom. The van der Waals surface area contributed by atoms with Gasteiger partial charge in [-0.1, -0.05) is 29.3 Å². The molecule has 0 saturated carbocycles. The molecule has 0 unspecified atom stereocenters. The van der Waals surface area contributed by atoms with Crippen LogP contribution in [0.5, 0.6) is 0 Å². The van der Waals surface area contributed by atoms with Crippen LogP contribution in [-0.2, 0) is 17.9 Å². The quantitative estimate of drug-likeness (QED) is 0.254. The van der Waals surface area contributed by atoms with E-state index in [0.717, 1.165) is 11.3 Å². The molecule has 0 atom stereocenters. The van der Waals surface area contributed by atoms with Gasteiger partial charge in [0.05, 0.1) is 23.9 Å². The maximum absolute atomic E-state index is 13.9. The van der Waals surface area contributed by atoms with Gasteiger partial charge in [0, 0.05) is 27.4 Å². The van der Waals surface area contributed by atoms with Crippen LogP contribution < -0.4 is 5.32 Å². The van der Waals surface area contributed by atoms with Crippen molar-refractivity contribution in [1.29, 1.82) is 0 Å². The standard InChI is InChI=1S/C25H20Cl2F2N6O2/c1-13-8-21(33-34(13)11-15-5-6-16(26)9-18(15)27)31-22(36)12-35-25-23(14(2)32-35)17(24(28)29)10-19(30-25)20-4-3-7-37-20/h3-10,24H,11-12H2,1-2H3,(H,31,33,36). The van der Waals surface area contributed by atoms with Gasteiger partial charge in [0.15, 0.2) is 17.2 Å². The molecule has 4 aromatic heterocycles. The van der Waals surface area contributed by atoms with E-state index in [2.05, 4.69) is 20.5 Å². The van der Waals surface area contributed by atoms with Crippen LogP contribution >= 0.6 is 23.2 Å². The highest BCUT2D eigenvalue weighted by Crippen LogP contribution is 2.33. The first-order valence-electron chi connectivity index (χ1n) is 11.2. The highest BCUT2D eigenvalue weighted by molar-refractivity contribution is 6.35. The van der Waals surface area contributed by atoms with Crippen LogP contribution in [0, 0.1) is 13.8 Å². The van der Waals surface area contributed by atoms with Crippen molar-refractivity contribution in [2.45, 2.75) is 33.4 Å². The summed E-state index contributed by atoms with van der Waals surface area (Å²) >= 11 is 12.2. The topological polar surface area (TPSA) is 90.8 Å². The Morgan fingerprint density at radius 1 is 1.11 bits per heavy atom. The lowest BCUT2D eigenvalue weighted by Gasteiger charge is -2.08. The summed E-state index contributed by atoms with van der Waals surface area (Å²) in [4.78, 5) is 17.4. The van der Waals surface area contributed by atoms with Gasteiger partial charge in [-0.2, -0.15) is 10.2 Å². The van der Waals surface area contributed by atoms with Crippen LogP contribution in [0.15, 0.2) is 53.1 Å². The minimum atomic E-state index is -2.76. The number of furan rings is 1. The van der Waals surface area contributed by atoms with Gasteiger partial charge in [-0.3, -0.25) is 9.48 Å². The van der Waals surface area contributed by atoms with E-state index in [-0.39, 0.29) is 28.8 Å². The molecule has 5 rings (SSSR count). The molecule has 0 spiro atoms. The van der Waals surface area contributed by atoms with Gasteiger partial charge in [-0.15, -0.1) is 0 Å². The molecule has 37 heavy (non-hydrogen) atoms. The van der Waals surface area contributed by atoms with E-state index in [0.29, 0.717) is 33.9 Å². The summed E-state index contributed by atoms with van der Waals surface area (Å²) in [5.74, 6) is 0.223. The summed E-state index contributed by atoms with van der Waals surface area (Å²) in [6, 6.07) is 11.5. The maximum atomic E-state index is 13.9. The molecular formula is C25H20Cl2F2N6O2.